The zero-order chi connectivity index (χ0) is 73.0. The fraction of sp³-hybridized carbons (Fsp3) is 0.950. The zero-order valence-corrected chi connectivity index (χ0v) is 66.8. The van der Waals surface area contributed by atoms with Crippen molar-refractivity contribution in [2.24, 2.45) is 17.8 Å². The average molecular weight is 1450 g/mol. The number of hydrogen-bond donors (Lipinski definition) is 3. The maximum atomic E-state index is 13.1. The maximum Gasteiger partial charge on any atom is 0.472 e. The Balaban J connectivity index is 5.26. The van der Waals surface area contributed by atoms with E-state index < -0.39 is 97.5 Å². The normalized spacial score (nSPS) is 14.0. The molecule has 0 aliphatic carbocycles. The molecule has 0 fully saturated rings. The van der Waals surface area contributed by atoms with Gasteiger partial charge in [-0.05, 0) is 43.4 Å². The molecule has 0 heterocycles. The van der Waals surface area contributed by atoms with Crippen molar-refractivity contribution in [3.05, 3.63) is 0 Å². The lowest BCUT2D eigenvalue weighted by molar-refractivity contribution is -0.161. The SMILES string of the molecule is CCCCCCCCCCCCCCCCCCCCC(=O)O[C@H](COC(=O)CCCCCCCCCCCCCCC(C)C)COP(=O)(O)OC[C@@H](O)COP(=O)(O)OC[C@@H](COC(=O)CCCCCCCCCCCC(C)C)OC(=O)CCCCCCCCCCCCCC(C)C. The van der Waals surface area contributed by atoms with Crippen molar-refractivity contribution in [1.29, 1.82) is 0 Å². The number of unbranched alkanes of at least 4 members (excludes halogenated alkanes) is 46. The summed E-state index contributed by atoms with van der Waals surface area (Å²) in [5.41, 5.74) is 0. The first-order valence-electron chi connectivity index (χ1n) is 41.3. The molecule has 0 radical (unpaired) electrons. The van der Waals surface area contributed by atoms with Gasteiger partial charge in [0.2, 0.25) is 0 Å². The third kappa shape index (κ3) is 74.1. The highest BCUT2D eigenvalue weighted by Crippen LogP contribution is 2.45. The Morgan fingerprint density at radius 1 is 0.273 bits per heavy atom. The number of hydrogen-bond acceptors (Lipinski definition) is 15. The Bertz CT molecular complexity index is 1920. The Morgan fingerprint density at radius 3 is 0.687 bits per heavy atom. The summed E-state index contributed by atoms with van der Waals surface area (Å²) in [7, 11) is -9.92. The van der Waals surface area contributed by atoms with E-state index in [9.17, 15) is 43.2 Å². The molecule has 0 saturated heterocycles. The highest BCUT2D eigenvalue weighted by molar-refractivity contribution is 7.47. The minimum atomic E-state index is -4.96. The maximum absolute atomic E-state index is 13.1. The van der Waals surface area contributed by atoms with Crippen molar-refractivity contribution in [2.45, 2.75) is 433 Å². The van der Waals surface area contributed by atoms with Gasteiger partial charge in [0, 0.05) is 25.7 Å². The lowest BCUT2D eigenvalue weighted by Crippen LogP contribution is -2.30. The predicted molar refractivity (Wildman–Crippen MR) is 405 cm³/mol. The van der Waals surface area contributed by atoms with E-state index in [-0.39, 0.29) is 25.7 Å². The number of ether oxygens (including phenoxy) is 4. The van der Waals surface area contributed by atoms with Crippen LogP contribution in [0.25, 0.3) is 0 Å². The second-order valence-corrected chi connectivity index (χ2v) is 33.1. The molecule has 0 saturated carbocycles. The standard InChI is InChI=1S/C80H156O17P2/c1-8-9-10-11-12-13-14-15-16-17-18-19-20-27-34-42-49-56-63-79(84)96-75(67-90-77(82)61-54-47-40-33-26-22-21-24-30-37-44-51-58-71(2)3)69-94-98(86,87)92-65-74(81)66-93-99(88,89)95-70-76(68-91-78(83)62-55-48-41-36-29-32-39-46-53-60-73(6)7)97-80(85)64-57-50-43-35-28-23-25-31-38-45-52-59-72(4)5/h71-76,81H,8-70H2,1-7H3,(H,86,87)(H,88,89)/t74-,75-,76-/m1/s1. The van der Waals surface area contributed by atoms with Gasteiger partial charge in [-0.15, -0.1) is 0 Å². The van der Waals surface area contributed by atoms with Crippen LogP contribution in [0.3, 0.4) is 0 Å². The summed E-state index contributed by atoms with van der Waals surface area (Å²) in [4.78, 5) is 73.0. The first-order valence-corrected chi connectivity index (χ1v) is 44.3. The van der Waals surface area contributed by atoms with E-state index in [0.29, 0.717) is 25.7 Å². The number of aliphatic hydroxyl groups excluding tert-OH is 1. The highest BCUT2D eigenvalue weighted by Gasteiger charge is 2.30. The molecule has 17 nitrogen and oxygen atoms in total. The first-order chi connectivity index (χ1) is 47.7. The molecular weight excluding hydrogens is 1290 g/mol. The zero-order valence-electron chi connectivity index (χ0n) is 65.0. The summed E-state index contributed by atoms with van der Waals surface area (Å²) in [5, 5.41) is 10.6. The van der Waals surface area contributed by atoms with E-state index in [0.717, 1.165) is 108 Å². The molecule has 5 atom stereocenters. The first kappa shape index (κ1) is 97.1. The summed E-state index contributed by atoms with van der Waals surface area (Å²) in [6.07, 6.45) is 58.2. The molecular formula is C80H156O17P2. The third-order valence-corrected chi connectivity index (χ3v) is 20.5. The Kier molecular flexibility index (Phi) is 69.0. The van der Waals surface area contributed by atoms with Gasteiger partial charge in [0.1, 0.15) is 19.3 Å². The number of rotatable bonds is 78. The molecule has 3 N–H and O–H groups in total. The van der Waals surface area contributed by atoms with Gasteiger partial charge in [0.05, 0.1) is 26.4 Å². The minimum Gasteiger partial charge on any atom is -0.462 e. The van der Waals surface area contributed by atoms with E-state index in [1.807, 2.05) is 0 Å². The van der Waals surface area contributed by atoms with Gasteiger partial charge < -0.3 is 33.8 Å². The lowest BCUT2D eigenvalue weighted by Gasteiger charge is -2.21. The molecule has 588 valence electrons. The van der Waals surface area contributed by atoms with E-state index in [4.69, 9.17) is 37.0 Å². The molecule has 0 spiro atoms. The molecule has 2 unspecified atom stereocenters. The number of esters is 4. The summed E-state index contributed by atoms with van der Waals surface area (Å²) >= 11 is 0. The van der Waals surface area contributed by atoms with Crippen LogP contribution in [0.1, 0.15) is 414 Å². The van der Waals surface area contributed by atoms with Crippen LogP contribution >= 0.6 is 15.6 Å². The number of carbonyl (C=O) groups excluding carboxylic acids is 4. The number of aliphatic hydroxyl groups is 1. The van der Waals surface area contributed by atoms with E-state index in [1.165, 1.54) is 225 Å². The van der Waals surface area contributed by atoms with Crippen LogP contribution in [-0.2, 0) is 65.4 Å². The topological polar surface area (TPSA) is 237 Å². The van der Waals surface area contributed by atoms with Crippen molar-refractivity contribution in [3.8, 4) is 0 Å². The second kappa shape index (κ2) is 70.4. The molecule has 0 aromatic rings. The molecule has 99 heavy (non-hydrogen) atoms. The van der Waals surface area contributed by atoms with E-state index in [1.54, 1.807) is 0 Å². The van der Waals surface area contributed by atoms with Gasteiger partial charge in [0.15, 0.2) is 12.2 Å². The Morgan fingerprint density at radius 2 is 0.465 bits per heavy atom. The predicted octanol–water partition coefficient (Wildman–Crippen LogP) is 23.7. The van der Waals surface area contributed by atoms with Gasteiger partial charge in [0.25, 0.3) is 0 Å². The largest absolute Gasteiger partial charge is 0.472 e. The van der Waals surface area contributed by atoms with Gasteiger partial charge >= 0.3 is 39.5 Å². The molecule has 0 aromatic heterocycles. The van der Waals surface area contributed by atoms with Crippen LogP contribution in [0, 0.1) is 17.8 Å². The van der Waals surface area contributed by atoms with Crippen LogP contribution in [-0.4, -0.2) is 96.7 Å². The molecule has 0 rings (SSSR count). The van der Waals surface area contributed by atoms with Crippen LogP contribution in [0.4, 0.5) is 0 Å². The van der Waals surface area contributed by atoms with Crippen molar-refractivity contribution < 1.29 is 80.2 Å². The number of phosphoric ester groups is 2. The van der Waals surface area contributed by atoms with Crippen LogP contribution in [0.2, 0.25) is 0 Å². The molecule has 0 aliphatic rings. The van der Waals surface area contributed by atoms with Crippen LogP contribution in [0.5, 0.6) is 0 Å². The number of phosphoric acid groups is 2. The number of carbonyl (C=O) groups is 4. The van der Waals surface area contributed by atoms with Crippen molar-refractivity contribution >= 4 is 39.5 Å². The summed E-state index contributed by atoms with van der Waals surface area (Å²) in [5.74, 6) is 0.179. The summed E-state index contributed by atoms with van der Waals surface area (Å²) in [6, 6.07) is 0. The minimum absolute atomic E-state index is 0.106. The summed E-state index contributed by atoms with van der Waals surface area (Å²) in [6.45, 7) is 11.9. The van der Waals surface area contributed by atoms with E-state index >= 15 is 0 Å². The fourth-order valence-electron chi connectivity index (χ4n) is 12.3. The molecule has 19 heteroatoms. The summed E-state index contributed by atoms with van der Waals surface area (Å²) < 4.78 is 68.7. The van der Waals surface area contributed by atoms with Gasteiger partial charge in [-0.2, -0.15) is 0 Å². The fourth-order valence-corrected chi connectivity index (χ4v) is 13.9. The van der Waals surface area contributed by atoms with Crippen molar-refractivity contribution in [3.63, 3.8) is 0 Å². The van der Waals surface area contributed by atoms with Crippen molar-refractivity contribution in [1.82, 2.24) is 0 Å². The Hall–Kier alpha value is -1.94. The molecule has 0 amide bonds. The van der Waals surface area contributed by atoms with Crippen LogP contribution in [0.15, 0.2) is 0 Å². The third-order valence-electron chi connectivity index (χ3n) is 18.6. The smallest absolute Gasteiger partial charge is 0.462 e. The molecule has 0 aliphatic heterocycles. The van der Waals surface area contributed by atoms with Gasteiger partial charge in [-0.1, -0.05) is 363 Å². The van der Waals surface area contributed by atoms with Gasteiger partial charge in [-0.25, -0.2) is 9.13 Å². The Labute approximate surface area is 607 Å². The average Bonchev–Trinajstić information content (AvgIpc) is 1.67. The second-order valence-electron chi connectivity index (χ2n) is 30.2. The molecule has 0 bridgehead atoms. The quantitative estimate of drug-likeness (QED) is 0.0222. The van der Waals surface area contributed by atoms with Gasteiger partial charge in [-0.3, -0.25) is 37.3 Å². The van der Waals surface area contributed by atoms with Crippen LogP contribution < -0.4 is 0 Å². The lowest BCUT2D eigenvalue weighted by atomic mass is 10.0. The van der Waals surface area contributed by atoms with E-state index in [2.05, 4.69) is 48.5 Å². The van der Waals surface area contributed by atoms with Crippen molar-refractivity contribution in [2.75, 3.05) is 39.6 Å². The monoisotopic (exact) mass is 1450 g/mol. The molecule has 0 aromatic carbocycles. The highest BCUT2D eigenvalue weighted by atomic mass is 31.2.